The fraction of sp³-hybridized carbons (Fsp3) is 0.600. The summed E-state index contributed by atoms with van der Waals surface area (Å²) in [6.45, 7) is 6.33. The van der Waals surface area contributed by atoms with Gasteiger partial charge in [0.25, 0.3) is 0 Å². The van der Waals surface area contributed by atoms with Gasteiger partial charge in [-0.25, -0.2) is 0 Å². The summed E-state index contributed by atoms with van der Waals surface area (Å²) in [7, 11) is 0. The number of benzene rings is 1. The van der Waals surface area contributed by atoms with Crippen LogP contribution in [-0.4, -0.2) is 13.2 Å². The van der Waals surface area contributed by atoms with Crippen LogP contribution in [0.15, 0.2) is 24.3 Å². The van der Waals surface area contributed by atoms with Crippen LogP contribution < -0.4 is 10.1 Å². The zero-order valence-electron chi connectivity index (χ0n) is 10.9. The highest BCUT2D eigenvalue weighted by atomic mass is 16.5. The summed E-state index contributed by atoms with van der Waals surface area (Å²) in [5.74, 6) is 1.86. The minimum Gasteiger partial charge on any atom is -0.493 e. The molecule has 0 aliphatic heterocycles. The third-order valence-electron chi connectivity index (χ3n) is 3.26. The molecule has 2 rings (SSSR count). The Bertz CT molecular complexity index is 347. The van der Waals surface area contributed by atoms with Gasteiger partial charge in [0.1, 0.15) is 5.75 Å². The van der Waals surface area contributed by atoms with Crippen molar-refractivity contribution in [3.8, 4) is 5.75 Å². The lowest BCUT2D eigenvalue weighted by atomic mass is 10.1. The molecule has 0 bridgehead atoms. The standard InChI is InChI=1S/C15H23NO/c1-3-10-16-12(2)14-6-4-5-7-15(14)17-11-13-8-9-13/h4-7,12-13,16H,3,8-11H2,1-2H3. The second-order valence-electron chi connectivity index (χ2n) is 4.97. The Balaban J connectivity index is 1.97. The predicted molar refractivity (Wildman–Crippen MR) is 71.4 cm³/mol. The van der Waals surface area contributed by atoms with E-state index in [9.17, 15) is 0 Å². The lowest BCUT2D eigenvalue weighted by Gasteiger charge is -2.18. The van der Waals surface area contributed by atoms with E-state index in [1.807, 2.05) is 0 Å². The first-order chi connectivity index (χ1) is 8.31. The molecule has 1 aliphatic rings. The van der Waals surface area contributed by atoms with Crippen molar-refractivity contribution in [3.63, 3.8) is 0 Å². The van der Waals surface area contributed by atoms with Gasteiger partial charge >= 0.3 is 0 Å². The molecule has 1 fully saturated rings. The Hall–Kier alpha value is -1.02. The van der Waals surface area contributed by atoms with E-state index in [-0.39, 0.29) is 0 Å². The van der Waals surface area contributed by atoms with Crippen LogP contribution in [0, 0.1) is 5.92 Å². The SMILES string of the molecule is CCCNC(C)c1ccccc1OCC1CC1. The average molecular weight is 233 g/mol. The molecule has 2 heteroatoms. The smallest absolute Gasteiger partial charge is 0.124 e. The van der Waals surface area contributed by atoms with E-state index < -0.39 is 0 Å². The van der Waals surface area contributed by atoms with Gasteiger partial charge in [-0.05, 0) is 44.7 Å². The highest BCUT2D eigenvalue weighted by molar-refractivity contribution is 5.35. The lowest BCUT2D eigenvalue weighted by molar-refractivity contribution is 0.294. The van der Waals surface area contributed by atoms with Crippen LogP contribution in [0.2, 0.25) is 0 Å². The normalized spacial score (nSPS) is 16.8. The molecule has 1 N–H and O–H groups in total. The number of para-hydroxylation sites is 1. The first-order valence-electron chi connectivity index (χ1n) is 6.76. The summed E-state index contributed by atoms with van der Waals surface area (Å²) in [5.41, 5.74) is 1.28. The first kappa shape index (κ1) is 12.4. The predicted octanol–water partition coefficient (Wildman–Crippen LogP) is 3.54. The molecule has 0 aromatic heterocycles. The Morgan fingerprint density at radius 2 is 2.12 bits per heavy atom. The van der Waals surface area contributed by atoms with Crippen molar-refractivity contribution in [3.05, 3.63) is 29.8 Å². The molecule has 1 atom stereocenters. The average Bonchev–Trinajstić information content (AvgIpc) is 3.18. The van der Waals surface area contributed by atoms with Gasteiger partial charge in [-0.2, -0.15) is 0 Å². The van der Waals surface area contributed by atoms with E-state index in [0.29, 0.717) is 6.04 Å². The van der Waals surface area contributed by atoms with Crippen molar-refractivity contribution < 1.29 is 4.74 Å². The zero-order chi connectivity index (χ0) is 12.1. The van der Waals surface area contributed by atoms with Crippen LogP contribution >= 0.6 is 0 Å². The Morgan fingerprint density at radius 3 is 2.82 bits per heavy atom. The number of hydrogen-bond acceptors (Lipinski definition) is 2. The molecule has 0 spiro atoms. The van der Waals surface area contributed by atoms with E-state index in [2.05, 4.69) is 43.4 Å². The Labute approximate surface area is 104 Å². The Kier molecular flexibility index (Phi) is 4.43. The fourth-order valence-corrected chi connectivity index (χ4v) is 1.93. The Morgan fingerprint density at radius 1 is 1.35 bits per heavy atom. The van der Waals surface area contributed by atoms with E-state index in [1.54, 1.807) is 0 Å². The summed E-state index contributed by atoms with van der Waals surface area (Å²) in [5, 5.41) is 3.51. The van der Waals surface area contributed by atoms with Gasteiger partial charge < -0.3 is 10.1 Å². The third kappa shape index (κ3) is 3.74. The fourth-order valence-electron chi connectivity index (χ4n) is 1.93. The maximum Gasteiger partial charge on any atom is 0.124 e. The molecule has 1 aromatic carbocycles. The molecule has 0 heterocycles. The monoisotopic (exact) mass is 233 g/mol. The molecule has 94 valence electrons. The molecule has 0 saturated heterocycles. The number of rotatable bonds is 7. The molecule has 1 unspecified atom stereocenters. The van der Waals surface area contributed by atoms with Gasteiger partial charge in [0.2, 0.25) is 0 Å². The molecule has 0 radical (unpaired) electrons. The van der Waals surface area contributed by atoms with Crippen molar-refractivity contribution in [2.24, 2.45) is 5.92 Å². The van der Waals surface area contributed by atoms with Gasteiger partial charge in [-0.1, -0.05) is 25.1 Å². The van der Waals surface area contributed by atoms with Crippen molar-refractivity contribution in [1.82, 2.24) is 5.32 Å². The highest BCUT2D eigenvalue weighted by Crippen LogP contribution is 2.31. The molecular formula is C15H23NO. The van der Waals surface area contributed by atoms with Crippen LogP contribution in [0.25, 0.3) is 0 Å². The van der Waals surface area contributed by atoms with Gasteiger partial charge in [-0.15, -0.1) is 0 Å². The van der Waals surface area contributed by atoms with Crippen LogP contribution in [0.1, 0.15) is 44.7 Å². The summed E-state index contributed by atoms with van der Waals surface area (Å²) < 4.78 is 5.92. The molecule has 1 aromatic rings. The van der Waals surface area contributed by atoms with Gasteiger partial charge in [-0.3, -0.25) is 0 Å². The van der Waals surface area contributed by atoms with Crippen LogP contribution in [0.5, 0.6) is 5.75 Å². The largest absolute Gasteiger partial charge is 0.493 e. The van der Waals surface area contributed by atoms with Gasteiger partial charge in [0, 0.05) is 11.6 Å². The summed E-state index contributed by atoms with van der Waals surface area (Å²) in [6, 6.07) is 8.75. The third-order valence-corrected chi connectivity index (χ3v) is 3.26. The minimum absolute atomic E-state index is 0.366. The highest BCUT2D eigenvalue weighted by Gasteiger charge is 2.22. The summed E-state index contributed by atoms with van der Waals surface area (Å²) in [4.78, 5) is 0. The molecule has 0 amide bonds. The molecule has 17 heavy (non-hydrogen) atoms. The van der Waals surface area contributed by atoms with Crippen LogP contribution in [0.3, 0.4) is 0 Å². The van der Waals surface area contributed by atoms with Crippen LogP contribution in [0.4, 0.5) is 0 Å². The molecule has 1 aliphatic carbocycles. The summed E-state index contributed by atoms with van der Waals surface area (Å²) >= 11 is 0. The molecule has 2 nitrogen and oxygen atoms in total. The second-order valence-corrected chi connectivity index (χ2v) is 4.97. The quantitative estimate of drug-likeness (QED) is 0.778. The second kappa shape index (κ2) is 6.06. The van der Waals surface area contributed by atoms with E-state index >= 15 is 0 Å². The van der Waals surface area contributed by atoms with E-state index in [4.69, 9.17) is 4.74 Å². The minimum atomic E-state index is 0.366. The molecular weight excluding hydrogens is 210 g/mol. The van der Waals surface area contributed by atoms with Crippen molar-refractivity contribution >= 4 is 0 Å². The number of hydrogen-bond donors (Lipinski definition) is 1. The van der Waals surface area contributed by atoms with Crippen molar-refractivity contribution in [1.29, 1.82) is 0 Å². The zero-order valence-corrected chi connectivity index (χ0v) is 10.9. The maximum absolute atomic E-state index is 5.92. The van der Waals surface area contributed by atoms with Gasteiger partial charge in [0.15, 0.2) is 0 Å². The summed E-state index contributed by atoms with van der Waals surface area (Å²) in [6.07, 6.45) is 3.84. The van der Waals surface area contributed by atoms with E-state index in [1.165, 1.54) is 18.4 Å². The van der Waals surface area contributed by atoms with Crippen molar-refractivity contribution in [2.75, 3.05) is 13.2 Å². The van der Waals surface area contributed by atoms with Crippen molar-refractivity contribution in [2.45, 2.75) is 39.2 Å². The lowest BCUT2D eigenvalue weighted by Crippen LogP contribution is -2.20. The maximum atomic E-state index is 5.92. The van der Waals surface area contributed by atoms with Crippen LogP contribution in [-0.2, 0) is 0 Å². The first-order valence-corrected chi connectivity index (χ1v) is 6.76. The van der Waals surface area contributed by atoms with E-state index in [0.717, 1.165) is 31.2 Å². The van der Waals surface area contributed by atoms with Gasteiger partial charge in [0.05, 0.1) is 6.61 Å². The number of ether oxygens (including phenoxy) is 1. The molecule has 1 saturated carbocycles. The number of nitrogens with one attached hydrogen (secondary N) is 1. The topological polar surface area (TPSA) is 21.3 Å².